The number of nitrogens with two attached hydrogens (primary N) is 1. The summed E-state index contributed by atoms with van der Waals surface area (Å²) in [4.78, 5) is 11.2. The molecule has 0 aromatic carbocycles. The highest BCUT2D eigenvalue weighted by Gasteiger charge is 2.15. The van der Waals surface area contributed by atoms with E-state index in [1.165, 1.54) is 6.92 Å². The molecule has 15 heavy (non-hydrogen) atoms. The number of rotatable bonds is 6. The number of carbonyl (C=O) groups excluding carboxylic acids is 1. The fourth-order valence-electron chi connectivity index (χ4n) is 0.852. The minimum atomic E-state index is -3.09. The normalized spacial score (nSPS) is 15.7. The van der Waals surface area contributed by atoms with Gasteiger partial charge in [-0.15, -0.1) is 0 Å². The number of sulfone groups is 1. The summed E-state index contributed by atoms with van der Waals surface area (Å²) in [5.41, 5.74) is 5.45. The Morgan fingerprint density at radius 3 is 2.47 bits per heavy atom. The fourth-order valence-corrected chi connectivity index (χ4v) is 1.53. The lowest BCUT2D eigenvalue weighted by Crippen LogP contribution is -2.43. The Kier molecular flexibility index (Phi) is 5.77. The Morgan fingerprint density at radius 2 is 2.07 bits per heavy atom. The lowest BCUT2D eigenvalue weighted by molar-refractivity contribution is -0.122. The van der Waals surface area contributed by atoms with Crippen molar-refractivity contribution in [1.29, 1.82) is 0 Å². The maximum Gasteiger partial charge on any atom is 0.237 e. The van der Waals surface area contributed by atoms with Crippen molar-refractivity contribution in [3.63, 3.8) is 0 Å². The van der Waals surface area contributed by atoms with E-state index in [2.05, 4.69) is 5.32 Å². The molecular formula is C8H18N2O4S. The number of aliphatic hydroxyl groups excluding tert-OH is 1. The molecule has 0 heterocycles. The SMILES string of the molecule is C[C@H](O)CNC(=O)C(N)CCS(C)(=O)=O. The third-order valence-electron chi connectivity index (χ3n) is 1.71. The average Bonchev–Trinajstić information content (AvgIpc) is 2.08. The summed E-state index contributed by atoms with van der Waals surface area (Å²) in [6, 6.07) is -0.849. The Labute approximate surface area is 89.8 Å². The van der Waals surface area contributed by atoms with Gasteiger partial charge in [0.25, 0.3) is 0 Å². The van der Waals surface area contributed by atoms with E-state index in [0.717, 1.165) is 6.26 Å². The summed E-state index contributed by atoms with van der Waals surface area (Å²) in [7, 11) is -3.09. The van der Waals surface area contributed by atoms with E-state index in [9.17, 15) is 13.2 Å². The molecule has 0 spiro atoms. The van der Waals surface area contributed by atoms with Gasteiger partial charge < -0.3 is 16.2 Å². The molecule has 1 amide bonds. The van der Waals surface area contributed by atoms with Crippen LogP contribution in [0, 0.1) is 0 Å². The largest absolute Gasteiger partial charge is 0.392 e. The third kappa shape index (κ3) is 8.34. The van der Waals surface area contributed by atoms with E-state index in [-0.39, 0.29) is 18.7 Å². The third-order valence-corrected chi connectivity index (χ3v) is 2.69. The van der Waals surface area contributed by atoms with Crippen LogP contribution in [0.5, 0.6) is 0 Å². The van der Waals surface area contributed by atoms with Gasteiger partial charge in [0.2, 0.25) is 5.91 Å². The number of hydrogen-bond donors (Lipinski definition) is 3. The van der Waals surface area contributed by atoms with Gasteiger partial charge in [-0.1, -0.05) is 0 Å². The summed E-state index contributed by atoms with van der Waals surface area (Å²) in [6.45, 7) is 1.65. The van der Waals surface area contributed by atoms with Crippen LogP contribution >= 0.6 is 0 Å². The molecule has 90 valence electrons. The predicted molar refractivity (Wildman–Crippen MR) is 57.0 cm³/mol. The Bertz CT molecular complexity index is 300. The first-order valence-corrected chi connectivity index (χ1v) is 6.67. The highest BCUT2D eigenvalue weighted by molar-refractivity contribution is 7.90. The van der Waals surface area contributed by atoms with Crippen LogP contribution < -0.4 is 11.1 Å². The van der Waals surface area contributed by atoms with Crippen LogP contribution in [-0.2, 0) is 14.6 Å². The molecule has 7 heteroatoms. The highest BCUT2D eigenvalue weighted by Crippen LogP contribution is 1.94. The van der Waals surface area contributed by atoms with E-state index in [4.69, 9.17) is 10.8 Å². The molecule has 0 saturated carbocycles. The summed E-state index contributed by atoms with van der Waals surface area (Å²) in [5, 5.41) is 11.3. The van der Waals surface area contributed by atoms with Gasteiger partial charge in [-0.05, 0) is 13.3 Å². The van der Waals surface area contributed by atoms with Crippen LogP contribution in [-0.4, -0.2) is 50.1 Å². The molecule has 0 fully saturated rings. The molecule has 2 atom stereocenters. The summed E-state index contributed by atoms with van der Waals surface area (Å²) in [5.74, 6) is -0.560. The zero-order chi connectivity index (χ0) is 12.1. The van der Waals surface area contributed by atoms with Gasteiger partial charge >= 0.3 is 0 Å². The van der Waals surface area contributed by atoms with Crippen molar-refractivity contribution >= 4 is 15.7 Å². The average molecular weight is 238 g/mol. The summed E-state index contributed by atoms with van der Waals surface area (Å²) < 4.78 is 21.6. The molecule has 0 aliphatic rings. The first kappa shape index (κ1) is 14.3. The van der Waals surface area contributed by atoms with Crippen LogP contribution in [0.1, 0.15) is 13.3 Å². The van der Waals surface area contributed by atoms with E-state index in [1.54, 1.807) is 0 Å². The second-order valence-corrected chi connectivity index (χ2v) is 5.88. The van der Waals surface area contributed by atoms with Gasteiger partial charge in [0, 0.05) is 12.8 Å². The number of nitrogens with one attached hydrogen (secondary N) is 1. The minimum absolute atomic E-state index is 0.0878. The Morgan fingerprint density at radius 1 is 1.53 bits per heavy atom. The summed E-state index contributed by atoms with van der Waals surface area (Å²) in [6.07, 6.45) is 0.536. The molecule has 0 radical (unpaired) electrons. The van der Waals surface area contributed by atoms with Gasteiger partial charge in [0.15, 0.2) is 0 Å². The maximum absolute atomic E-state index is 11.2. The highest BCUT2D eigenvalue weighted by atomic mass is 32.2. The minimum Gasteiger partial charge on any atom is -0.392 e. The van der Waals surface area contributed by atoms with Crippen molar-refractivity contribution in [2.75, 3.05) is 18.6 Å². The molecule has 0 aromatic heterocycles. The molecule has 4 N–H and O–H groups in total. The second kappa shape index (κ2) is 6.04. The number of aliphatic hydroxyl groups is 1. The summed E-state index contributed by atoms with van der Waals surface area (Å²) >= 11 is 0. The molecular weight excluding hydrogens is 220 g/mol. The Balaban J connectivity index is 3.90. The smallest absolute Gasteiger partial charge is 0.237 e. The monoisotopic (exact) mass is 238 g/mol. The number of carbonyl (C=O) groups is 1. The maximum atomic E-state index is 11.2. The first-order chi connectivity index (χ1) is 6.72. The van der Waals surface area contributed by atoms with Crippen LogP contribution in [0.3, 0.4) is 0 Å². The topological polar surface area (TPSA) is 109 Å². The molecule has 0 bridgehead atoms. The molecule has 0 aliphatic carbocycles. The molecule has 0 aliphatic heterocycles. The number of amides is 1. The zero-order valence-electron chi connectivity index (χ0n) is 8.93. The molecule has 0 saturated heterocycles. The van der Waals surface area contributed by atoms with Gasteiger partial charge in [-0.3, -0.25) is 4.79 Å². The molecule has 6 nitrogen and oxygen atoms in total. The van der Waals surface area contributed by atoms with E-state index >= 15 is 0 Å². The van der Waals surface area contributed by atoms with Crippen LogP contribution in [0.4, 0.5) is 0 Å². The standard InChI is InChI=1S/C8H18N2O4S/c1-6(11)5-10-8(12)7(9)3-4-15(2,13)14/h6-7,11H,3-5,9H2,1-2H3,(H,10,12)/t6-,7?/m0/s1. The molecule has 1 unspecified atom stereocenters. The van der Waals surface area contributed by atoms with Crippen molar-refractivity contribution < 1.29 is 18.3 Å². The first-order valence-electron chi connectivity index (χ1n) is 4.61. The van der Waals surface area contributed by atoms with E-state index < -0.39 is 27.9 Å². The second-order valence-electron chi connectivity index (χ2n) is 3.62. The van der Waals surface area contributed by atoms with Gasteiger partial charge in [-0.2, -0.15) is 0 Å². The lowest BCUT2D eigenvalue weighted by atomic mass is 10.2. The van der Waals surface area contributed by atoms with E-state index in [0.29, 0.717) is 0 Å². The van der Waals surface area contributed by atoms with Crippen LogP contribution in [0.15, 0.2) is 0 Å². The van der Waals surface area contributed by atoms with Gasteiger partial charge in [0.1, 0.15) is 9.84 Å². The van der Waals surface area contributed by atoms with Crippen LogP contribution in [0.2, 0.25) is 0 Å². The Hall–Kier alpha value is -0.660. The predicted octanol–water partition coefficient (Wildman–Crippen LogP) is -1.75. The van der Waals surface area contributed by atoms with Gasteiger partial charge in [0.05, 0.1) is 17.9 Å². The quantitative estimate of drug-likeness (QED) is 0.508. The van der Waals surface area contributed by atoms with Crippen molar-refractivity contribution in [2.45, 2.75) is 25.5 Å². The van der Waals surface area contributed by atoms with Crippen molar-refractivity contribution in [3.05, 3.63) is 0 Å². The molecule has 0 aromatic rings. The molecule has 0 rings (SSSR count). The fraction of sp³-hybridized carbons (Fsp3) is 0.875. The number of hydrogen-bond acceptors (Lipinski definition) is 5. The van der Waals surface area contributed by atoms with Crippen molar-refractivity contribution in [1.82, 2.24) is 5.32 Å². The lowest BCUT2D eigenvalue weighted by Gasteiger charge is -2.12. The van der Waals surface area contributed by atoms with Crippen molar-refractivity contribution in [3.8, 4) is 0 Å². The van der Waals surface area contributed by atoms with E-state index in [1.807, 2.05) is 0 Å². The van der Waals surface area contributed by atoms with Gasteiger partial charge in [-0.25, -0.2) is 8.42 Å². The van der Waals surface area contributed by atoms with Crippen molar-refractivity contribution in [2.24, 2.45) is 5.73 Å². The van der Waals surface area contributed by atoms with Crippen LogP contribution in [0.25, 0.3) is 0 Å². The zero-order valence-corrected chi connectivity index (χ0v) is 9.75.